The lowest BCUT2D eigenvalue weighted by atomic mass is 9.80. The molecule has 0 N–H and O–H groups in total. The SMILES string of the molecule is CCC1(C)CCCC(C)CC1. The van der Waals surface area contributed by atoms with E-state index in [0.717, 1.165) is 5.92 Å². The maximum Gasteiger partial charge on any atom is -0.0328 e. The van der Waals surface area contributed by atoms with Crippen molar-refractivity contribution in [2.75, 3.05) is 0 Å². The minimum absolute atomic E-state index is 0.685. The molecule has 1 saturated carbocycles. The van der Waals surface area contributed by atoms with Crippen LogP contribution in [-0.2, 0) is 0 Å². The van der Waals surface area contributed by atoms with Gasteiger partial charge in [0, 0.05) is 0 Å². The van der Waals surface area contributed by atoms with Crippen LogP contribution in [0.3, 0.4) is 0 Å². The first kappa shape index (κ1) is 9.09. The van der Waals surface area contributed by atoms with Gasteiger partial charge in [-0.1, -0.05) is 46.5 Å². The lowest BCUT2D eigenvalue weighted by Gasteiger charge is -2.26. The van der Waals surface area contributed by atoms with E-state index in [1.807, 2.05) is 0 Å². The summed E-state index contributed by atoms with van der Waals surface area (Å²) in [6.07, 6.45) is 8.70. The Morgan fingerprint density at radius 2 is 2.00 bits per heavy atom. The maximum absolute atomic E-state index is 2.46. The van der Waals surface area contributed by atoms with Crippen LogP contribution in [0.4, 0.5) is 0 Å². The van der Waals surface area contributed by atoms with Crippen molar-refractivity contribution in [1.29, 1.82) is 0 Å². The van der Waals surface area contributed by atoms with Crippen molar-refractivity contribution in [3.8, 4) is 0 Å². The summed E-state index contributed by atoms with van der Waals surface area (Å²) in [5.41, 5.74) is 0.685. The highest BCUT2D eigenvalue weighted by Crippen LogP contribution is 2.38. The van der Waals surface area contributed by atoms with E-state index in [1.54, 1.807) is 0 Å². The summed E-state index contributed by atoms with van der Waals surface area (Å²) in [6, 6.07) is 0. The second-order valence-electron chi connectivity index (χ2n) is 4.70. The second kappa shape index (κ2) is 3.60. The van der Waals surface area contributed by atoms with Gasteiger partial charge in [-0.3, -0.25) is 0 Å². The lowest BCUT2D eigenvalue weighted by Crippen LogP contribution is -2.13. The van der Waals surface area contributed by atoms with Crippen molar-refractivity contribution in [2.24, 2.45) is 11.3 Å². The van der Waals surface area contributed by atoms with Crippen molar-refractivity contribution in [2.45, 2.75) is 59.3 Å². The molecule has 0 aromatic heterocycles. The van der Waals surface area contributed by atoms with Crippen LogP contribution < -0.4 is 0 Å². The van der Waals surface area contributed by atoms with Crippen LogP contribution in [0.1, 0.15) is 59.3 Å². The fourth-order valence-electron chi connectivity index (χ4n) is 2.10. The summed E-state index contributed by atoms with van der Waals surface area (Å²) in [5, 5.41) is 0. The topological polar surface area (TPSA) is 0 Å². The zero-order valence-electron chi connectivity index (χ0n) is 8.32. The fraction of sp³-hybridized carbons (Fsp3) is 1.00. The van der Waals surface area contributed by atoms with Crippen molar-refractivity contribution < 1.29 is 0 Å². The van der Waals surface area contributed by atoms with E-state index < -0.39 is 0 Å². The van der Waals surface area contributed by atoms with Gasteiger partial charge in [-0.2, -0.15) is 0 Å². The minimum Gasteiger partial charge on any atom is -0.0649 e. The first-order valence-corrected chi connectivity index (χ1v) is 5.16. The van der Waals surface area contributed by atoms with Crippen LogP contribution in [0.25, 0.3) is 0 Å². The lowest BCUT2D eigenvalue weighted by molar-refractivity contribution is 0.263. The Hall–Kier alpha value is 0. The van der Waals surface area contributed by atoms with E-state index in [0.29, 0.717) is 5.41 Å². The smallest absolute Gasteiger partial charge is 0.0328 e. The van der Waals surface area contributed by atoms with Crippen LogP contribution in [0.15, 0.2) is 0 Å². The predicted octanol–water partition coefficient (Wildman–Crippen LogP) is 4.00. The molecule has 0 heterocycles. The Morgan fingerprint density at radius 3 is 2.64 bits per heavy atom. The standard InChI is InChI=1S/C11H22/c1-4-11(3)8-5-6-10(2)7-9-11/h10H,4-9H2,1-3H3. The van der Waals surface area contributed by atoms with Crippen LogP contribution in [0.2, 0.25) is 0 Å². The molecule has 1 aliphatic carbocycles. The van der Waals surface area contributed by atoms with E-state index >= 15 is 0 Å². The molecule has 0 aliphatic heterocycles. The quantitative estimate of drug-likeness (QED) is 0.501. The Labute approximate surface area is 71.4 Å². The normalized spacial score (nSPS) is 40.1. The van der Waals surface area contributed by atoms with Crippen molar-refractivity contribution in [3.63, 3.8) is 0 Å². The molecule has 11 heavy (non-hydrogen) atoms. The van der Waals surface area contributed by atoms with Gasteiger partial charge in [-0.25, -0.2) is 0 Å². The third-order valence-corrected chi connectivity index (χ3v) is 3.57. The molecule has 0 aromatic carbocycles. The highest BCUT2D eigenvalue weighted by Gasteiger charge is 2.25. The van der Waals surface area contributed by atoms with Crippen LogP contribution >= 0.6 is 0 Å². The van der Waals surface area contributed by atoms with E-state index in [1.165, 1.54) is 38.5 Å². The Kier molecular flexibility index (Phi) is 2.98. The molecule has 0 aromatic rings. The van der Waals surface area contributed by atoms with E-state index in [2.05, 4.69) is 20.8 Å². The third kappa shape index (κ3) is 2.50. The van der Waals surface area contributed by atoms with E-state index in [9.17, 15) is 0 Å². The molecule has 0 spiro atoms. The molecule has 1 fully saturated rings. The highest BCUT2D eigenvalue weighted by atomic mass is 14.3. The van der Waals surface area contributed by atoms with Gasteiger partial charge in [0.2, 0.25) is 0 Å². The summed E-state index contributed by atoms with van der Waals surface area (Å²) in [5.74, 6) is 0.989. The average molecular weight is 154 g/mol. The van der Waals surface area contributed by atoms with Gasteiger partial charge < -0.3 is 0 Å². The molecule has 2 atom stereocenters. The summed E-state index contributed by atoms with van der Waals surface area (Å²) in [6.45, 7) is 7.21. The van der Waals surface area contributed by atoms with Crippen molar-refractivity contribution >= 4 is 0 Å². The minimum atomic E-state index is 0.685. The fourth-order valence-corrected chi connectivity index (χ4v) is 2.10. The number of rotatable bonds is 1. The molecule has 0 radical (unpaired) electrons. The van der Waals surface area contributed by atoms with Crippen LogP contribution in [-0.4, -0.2) is 0 Å². The van der Waals surface area contributed by atoms with Gasteiger partial charge in [-0.15, -0.1) is 0 Å². The zero-order chi connectivity index (χ0) is 8.32. The maximum atomic E-state index is 2.46. The molecule has 0 nitrogen and oxygen atoms in total. The summed E-state index contributed by atoms with van der Waals surface area (Å²) in [4.78, 5) is 0. The Bertz CT molecular complexity index is 117. The Balaban J connectivity index is 2.45. The molecule has 0 amide bonds. The van der Waals surface area contributed by atoms with Crippen molar-refractivity contribution in [3.05, 3.63) is 0 Å². The highest BCUT2D eigenvalue weighted by molar-refractivity contribution is 4.77. The second-order valence-corrected chi connectivity index (χ2v) is 4.70. The van der Waals surface area contributed by atoms with Gasteiger partial charge in [0.15, 0.2) is 0 Å². The van der Waals surface area contributed by atoms with Gasteiger partial charge in [0.1, 0.15) is 0 Å². The van der Waals surface area contributed by atoms with E-state index in [4.69, 9.17) is 0 Å². The van der Waals surface area contributed by atoms with Gasteiger partial charge in [-0.05, 0) is 24.2 Å². The Morgan fingerprint density at radius 1 is 1.27 bits per heavy atom. The summed E-state index contributed by atoms with van der Waals surface area (Å²) < 4.78 is 0. The van der Waals surface area contributed by atoms with Crippen LogP contribution in [0, 0.1) is 11.3 Å². The molecule has 66 valence electrons. The van der Waals surface area contributed by atoms with E-state index in [-0.39, 0.29) is 0 Å². The average Bonchev–Trinajstić information content (AvgIpc) is 2.15. The summed E-state index contributed by atoms with van der Waals surface area (Å²) >= 11 is 0. The molecule has 0 saturated heterocycles. The first-order chi connectivity index (χ1) is 5.16. The van der Waals surface area contributed by atoms with Gasteiger partial charge >= 0.3 is 0 Å². The van der Waals surface area contributed by atoms with Crippen LogP contribution in [0.5, 0.6) is 0 Å². The molecule has 1 aliphatic rings. The largest absolute Gasteiger partial charge is 0.0649 e. The van der Waals surface area contributed by atoms with Gasteiger partial charge in [0.05, 0.1) is 0 Å². The monoisotopic (exact) mass is 154 g/mol. The number of hydrogen-bond acceptors (Lipinski definition) is 0. The predicted molar refractivity (Wildman–Crippen MR) is 50.6 cm³/mol. The molecule has 0 bridgehead atoms. The zero-order valence-corrected chi connectivity index (χ0v) is 8.32. The molecular weight excluding hydrogens is 132 g/mol. The van der Waals surface area contributed by atoms with Gasteiger partial charge in [0.25, 0.3) is 0 Å². The molecule has 2 unspecified atom stereocenters. The van der Waals surface area contributed by atoms with Crippen molar-refractivity contribution in [1.82, 2.24) is 0 Å². The third-order valence-electron chi connectivity index (χ3n) is 3.57. The first-order valence-electron chi connectivity index (χ1n) is 5.16. The molecular formula is C11H22. The number of hydrogen-bond donors (Lipinski definition) is 0. The summed E-state index contributed by atoms with van der Waals surface area (Å²) in [7, 11) is 0. The molecule has 1 rings (SSSR count). The molecule has 0 heteroatoms.